The van der Waals surface area contributed by atoms with Gasteiger partial charge in [0, 0.05) is 43.7 Å². The Kier molecular flexibility index (Phi) is 4.64. The molecule has 1 aromatic heterocycles. The average Bonchev–Trinajstić information content (AvgIpc) is 3.03. The van der Waals surface area contributed by atoms with Crippen LogP contribution in [0, 0.1) is 10.1 Å². The molecule has 1 aliphatic heterocycles. The molecule has 0 saturated carbocycles. The molecule has 0 spiro atoms. The van der Waals surface area contributed by atoms with Gasteiger partial charge in [0.15, 0.2) is 0 Å². The first-order chi connectivity index (χ1) is 13.1. The Balaban J connectivity index is 1.73. The van der Waals surface area contributed by atoms with E-state index in [0.29, 0.717) is 6.54 Å². The minimum Gasteiger partial charge on any atom is -0.508 e. The minimum absolute atomic E-state index is 0.0196. The molecule has 0 radical (unpaired) electrons. The summed E-state index contributed by atoms with van der Waals surface area (Å²) in [5, 5.41) is 21.1. The number of aromatic hydroxyl groups is 1. The molecule has 1 N–H and O–H groups in total. The second-order valence-corrected chi connectivity index (χ2v) is 6.88. The second-order valence-electron chi connectivity index (χ2n) is 6.88. The van der Waals surface area contributed by atoms with Gasteiger partial charge < -0.3 is 9.67 Å². The average molecular weight is 363 g/mol. The maximum atomic E-state index is 11.1. The maximum absolute atomic E-state index is 11.1. The lowest BCUT2D eigenvalue weighted by Gasteiger charge is -2.30. The zero-order chi connectivity index (χ0) is 18.8. The van der Waals surface area contributed by atoms with Crippen molar-refractivity contribution >= 4 is 5.69 Å². The van der Waals surface area contributed by atoms with Gasteiger partial charge in [-0.25, -0.2) is 0 Å². The summed E-state index contributed by atoms with van der Waals surface area (Å²) in [7, 11) is 0. The molecule has 0 aliphatic carbocycles. The number of phenols is 1. The summed E-state index contributed by atoms with van der Waals surface area (Å²) >= 11 is 0. The lowest BCUT2D eigenvalue weighted by atomic mass is 10.0. The molecule has 3 aromatic rings. The summed E-state index contributed by atoms with van der Waals surface area (Å²) in [6.45, 7) is 2.40. The Hall–Kier alpha value is -3.12. The van der Waals surface area contributed by atoms with Crippen LogP contribution >= 0.6 is 0 Å². The lowest BCUT2D eigenvalue weighted by molar-refractivity contribution is -0.384. The third-order valence-electron chi connectivity index (χ3n) is 5.05. The Bertz CT molecular complexity index is 967. The first kappa shape index (κ1) is 17.3. The number of aromatic nitrogens is 1. The van der Waals surface area contributed by atoms with Gasteiger partial charge in [-0.1, -0.05) is 24.3 Å². The summed E-state index contributed by atoms with van der Waals surface area (Å²) < 4.78 is 2.25. The van der Waals surface area contributed by atoms with Crippen LogP contribution in [-0.4, -0.2) is 26.0 Å². The van der Waals surface area contributed by atoms with Crippen molar-refractivity contribution in [2.45, 2.75) is 25.6 Å². The fourth-order valence-corrected chi connectivity index (χ4v) is 3.89. The van der Waals surface area contributed by atoms with Crippen LogP contribution < -0.4 is 0 Å². The molecule has 0 bridgehead atoms. The number of fused-ring (bicyclic) bond motifs is 1. The highest BCUT2D eigenvalue weighted by atomic mass is 16.6. The monoisotopic (exact) mass is 363 g/mol. The van der Waals surface area contributed by atoms with E-state index in [9.17, 15) is 15.2 Å². The Morgan fingerprint density at radius 2 is 1.93 bits per heavy atom. The molecule has 0 saturated heterocycles. The normalized spacial score (nSPS) is 17.3. The highest BCUT2D eigenvalue weighted by molar-refractivity contribution is 5.37. The highest BCUT2D eigenvalue weighted by Crippen LogP contribution is 2.34. The van der Waals surface area contributed by atoms with E-state index in [-0.39, 0.29) is 22.4 Å². The molecule has 27 heavy (non-hydrogen) atoms. The molecule has 0 fully saturated rings. The summed E-state index contributed by atoms with van der Waals surface area (Å²) in [6.07, 6.45) is 3.08. The van der Waals surface area contributed by atoms with Crippen molar-refractivity contribution < 1.29 is 10.0 Å². The van der Waals surface area contributed by atoms with Crippen molar-refractivity contribution in [2.24, 2.45) is 0 Å². The second kappa shape index (κ2) is 7.25. The van der Waals surface area contributed by atoms with Crippen LogP contribution in [0.1, 0.15) is 29.3 Å². The topological polar surface area (TPSA) is 71.5 Å². The Morgan fingerprint density at radius 3 is 2.74 bits per heavy atom. The van der Waals surface area contributed by atoms with Gasteiger partial charge in [0.25, 0.3) is 5.69 Å². The smallest absolute Gasteiger partial charge is 0.269 e. The lowest BCUT2D eigenvalue weighted by Crippen LogP contribution is -2.29. The van der Waals surface area contributed by atoms with E-state index in [1.807, 2.05) is 24.3 Å². The molecular formula is C21H21N3O3. The van der Waals surface area contributed by atoms with Gasteiger partial charge in [-0.05, 0) is 41.8 Å². The van der Waals surface area contributed by atoms with Crippen molar-refractivity contribution in [2.75, 3.05) is 6.54 Å². The number of nitro groups is 1. The van der Waals surface area contributed by atoms with E-state index in [0.717, 1.165) is 30.6 Å². The zero-order valence-electron chi connectivity index (χ0n) is 14.9. The molecule has 1 atom stereocenters. The molecule has 6 heteroatoms. The number of aryl methyl sites for hydroxylation is 1. The van der Waals surface area contributed by atoms with E-state index < -0.39 is 0 Å². The van der Waals surface area contributed by atoms with Crippen molar-refractivity contribution in [3.63, 3.8) is 0 Å². The molecule has 2 aromatic carbocycles. The number of nitrogens with zero attached hydrogens (tertiary/aromatic N) is 3. The highest BCUT2D eigenvalue weighted by Gasteiger charge is 2.27. The van der Waals surface area contributed by atoms with E-state index >= 15 is 0 Å². The van der Waals surface area contributed by atoms with Gasteiger partial charge in [0.05, 0.1) is 11.0 Å². The van der Waals surface area contributed by atoms with Crippen LogP contribution in [0.4, 0.5) is 5.69 Å². The predicted octanol–water partition coefficient (Wildman–Crippen LogP) is 4.10. The van der Waals surface area contributed by atoms with Gasteiger partial charge in [0.1, 0.15) is 5.75 Å². The van der Waals surface area contributed by atoms with Crippen molar-refractivity contribution in [3.05, 3.63) is 93.8 Å². The fourth-order valence-electron chi connectivity index (χ4n) is 3.89. The van der Waals surface area contributed by atoms with Crippen molar-refractivity contribution in [1.82, 2.24) is 9.47 Å². The summed E-state index contributed by atoms with van der Waals surface area (Å²) in [5.74, 6) is 0.241. The summed E-state index contributed by atoms with van der Waals surface area (Å²) in [4.78, 5) is 13.1. The molecular weight excluding hydrogens is 342 g/mol. The van der Waals surface area contributed by atoms with E-state index in [4.69, 9.17) is 0 Å². The standard InChI is InChI=1S/C21H21N3O3/c25-19-8-2-6-17(14-19)21-20-9-3-10-22(20)11-4-12-23(21)15-16-5-1-7-18(13-16)24(26)27/h1-3,5-10,13-14,21,25H,4,11-12,15H2. The third kappa shape index (κ3) is 3.57. The molecule has 1 aliphatic rings. The first-order valence-corrected chi connectivity index (χ1v) is 9.03. The number of rotatable bonds is 4. The number of phenolic OH excluding ortho intramolecular Hbond substituents is 1. The molecule has 1 unspecified atom stereocenters. The van der Waals surface area contributed by atoms with Gasteiger partial charge in [-0.3, -0.25) is 15.0 Å². The van der Waals surface area contributed by atoms with Crippen molar-refractivity contribution in [1.29, 1.82) is 0 Å². The Morgan fingerprint density at radius 1 is 1.07 bits per heavy atom. The van der Waals surface area contributed by atoms with Gasteiger partial charge in [0.2, 0.25) is 0 Å². The summed E-state index contributed by atoms with van der Waals surface area (Å²) in [6, 6.07) is 18.3. The Labute approximate surface area is 157 Å². The third-order valence-corrected chi connectivity index (χ3v) is 5.05. The molecule has 0 amide bonds. The van der Waals surface area contributed by atoms with Gasteiger partial charge in [-0.15, -0.1) is 0 Å². The predicted molar refractivity (Wildman–Crippen MR) is 103 cm³/mol. The molecule has 138 valence electrons. The number of nitro benzene ring substituents is 1. The van der Waals surface area contributed by atoms with E-state index in [1.54, 1.807) is 24.3 Å². The van der Waals surface area contributed by atoms with Crippen LogP contribution in [0.15, 0.2) is 66.9 Å². The molecule has 4 rings (SSSR count). The van der Waals surface area contributed by atoms with Crippen LogP contribution in [0.3, 0.4) is 0 Å². The van der Waals surface area contributed by atoms with Gasteiger partial charge >= 0.3 is 0 Å². The number of hydrogen-bond donors (Lipinski definition) is 1. The van der Waals surface area contributed by atoms with Crippen LogP contribution in [0.5, 0.6) is 5.75 Å². The fraction of sp³-hybridized carbons (Fsp3) is 0.238. The van der Waals surface area contributed by atoms with E-state index in [1.165, 1.54) is 11.8 Å². The summed E-state index contributed by atoms with van der Waals surface area (Å²) in [5.41, 5.74) is 3.21. The van der Waals surface area contributed by atoms with E-state index in [2.05, 4.69) is 21.7 Å². The molecule has 2 heterocycles. The number of non-ortho nitro benzene ring substituents is 1. The SMILES string of the molecule is O=[N+]([O-])c1cccc(CN2CCCn3cccc3C2c2cccc(O)c2)c1. The van der Waals surface area contributed by atoms with Crippen LogP contribution in [0.25, 0.3) is 0 Å². The van der Waals surface area contributed by atoms with Crippen LogP contribution in [-0.2, 0) is 13.1 Å². The quantitative estimate of drug-likeness (QED) is 0.560. The maximum Gasteiger partial charge on any atom is 0.269 e. The van der Waals surface area contributed by atoms with Crippen molar-refractivity contribution in [3.8, 4) is 5.75 Å². The van der Waals surface area contributed by atoms with Crippen LogP contribution in [0.2, 0.25) is 0 Å². The zero-order valence-corrected chi connectivity index (χ0v) is 14.9. The number of hydrogen-bond acceptors (Lipinski definition) is 4. The first-order valence-electron chi connectivity index (χ1n) is 9.03. The molecule has 6 nitrogen and oxygen atoms in total. The minimum atomic E-state index is -0.357. The number of benzene rings is 2. The largest absolute Gasteiger partial charge is 0.508 e. The van der Waals surface area contributed by atoms with Gasteiger partial charge in [-0.2, -0.15) is 0 Å².